The first-order chi connectivity index (χ1) is 10.6. The van der Waals surface area contributed by atoms with Crippen LogP contribution in [0.1, 0.15) is 20.3 Å². The van der Waals surface area contributed by atoms with Crippen molar-refractivity contribution in [1.82, 2.24) is 4.90 Å². The highest BCUT2D eigenvalue weighted by Gasteiger charge is 2.47. The molecule has 3 aliphatic heterocycles. The molecule has 1 aromatic rings. The lowest BCUT2D eigenvalue weighted by atomic mass is 10.1. The van der Waals surface area contributed by atoms with E-state index in [0.717, 1.165) is 37.7 Å². The number of fused-ring (bicyclic) bond motifs is 2. The highest BCUT2D eigenvalue weighted by molar-refractivity contribution is 5.65. The van der Waals surface area contributed by atoms with Crippen molar-refractivity contribution in [2.24, 2.45) is 0 Å². The minimum Gasteiger partial charge on any atom is -0.489 e. The van der Waals surface area contributed by atoms with Crippen LogP contribution in [0.3, 0.4) is 0 Å². The Labute approximate surface area is 132 Å². The van der Waals surface area contributed by atoms with Gasteiger partial charge in [-0.05, 0) is 32.4 Å². The van der Waals surface area contributed by atoms with Crippen LogP contribution in [0.5, 0.6) is 5.75 Å². The van der Waals surface area contributed by atoms with E-state index in [4.69, 9.17) is 15.2 Å². The van der Waals surface area contributed by atoms with Gasteiger partial charge in [-0.25, -0.2) is 0 Å². The van der Waals surface area contributed by atoms with Crippen LogP contribution in [0, 0.1) is 0 Å². The van der Waals surface area contributed by atoms with E-state index in [1.807, 2.05) is 12.1 Å². The molecule has 0 aromatic heterocycles. The topological polar surface area (TPSA) is 51.0 Å². The van der Waals surface area contributed by atoms with Gasteiger partial charge in [0.2, 0.25) is 0 Å². The van der Waals surface area contributed by atoms with Crippen LogP contribution in [-0.4, -0.2) is 55.4 Å². The molecule has 3 heterocycles. The third-order valence-corrected chi connectivity index (χ3v) is 5.03. The van der Waals surface area contributed by atoms with Gasteiger partial charge >= 0.3 is 0 Å². The molecule has 3 saturated heterocycles. The fourth-order valence-electron chi connectivity index (χ4n) is 3.97. The Morgan fingerprint density at radius 3 is 2.59 bits per heavy atom. The van der Waals surface area contributed by atoms with E-state index in [2.05, 4.69) is 29.7 Å². The Morgan fingerprint density at radius 2 is 2.00 bits per heavy atom. The van der Waals surface area contributed by atoms with Gasteiger partial charge in [-0.15, -0.1) is 0 Å². The number of benzene rings is 1. The molecule has 120 valence electrons. The Bertz CT molecular complexity index is 559. The lowest BCUT2D eigenvalue weighted by molar-refractivity contribution is -0.0708. The molecule has 4 rings (SSSR count). The number of hydrogen-bond acceptors (Lipinski definition) is 5. The summed E-state index contributed by atoms with van der Waals surface area (Å²) < 4.78 is 11.4. The van der Waals surface area contributed by atoms with Gasteiger partial charge in [0.25, 0.3) is 0 Å². The molecule has 2 atom stereocenters. The number of anilines is 2. The molecule has 0 amide bonds. The Balaban J connectivity index is 1.54. The summed E-state index contributed by atoms with van der Waals surface area (Å²) in [4.78, 5) is 5.16. The molecule has 5 nitrogen and oxygen atoms in total. The minimum absolute atomic E-state index is 0.156. The first-order valence-electron chi connectivity index (χ1n) is 8.28. The Hall–Kier alpha value is -1.46. The molecular formula is C17H25N3O2. The first kappa shape index (κ1) is 14.2. The summed E-state index contributed by atoms with van der Waals surface area (Å²) in [5.41, 5.74) is 7.90. The number of likely N-dealkylation sites (tertiary alicyclic amines) is 1. The van der Waals surface area contributed by atoms with Crippen LogP contribution in [0.2, 0.25) is 0 Å². The van der Waals surface area contributed by atoms with Crippen LogP contribution < -0.4 is 15.4 Å². The number of ether oxygens (including phenoxy) is 2. The Morgan fingerprint density at radius 1 is 1.18 bits per heavy atom. The van der Waals surface area contributed by atoms with Gasteiger partial charge in [-0.3, -0.25) is 4.90 Å². The molecule has 0 radical (unpaired) electrons. The van der Waals surface area contributed by atoms with Gasteiger partial charge in [-0.1, -0.05) is 0 Å². The molecule has 3 aliphatic rings. The van der Waals surface area contributed by atoms with Crippen molar-refractivity contribution in [2.75, 3.05) is 36.9 Å². The van der Waals surface area contributed by atoms with Crippen molar-refractivity contribution in [1.29, 1.82) is 0 Å². The summed E-state index contributed by atoms with van der Waals surface area (Å²) in [5, 5.41) is 0. The number of nitrogen functional groups attached to an aromatic ring is 1. The molecule has 0 spiro atoms. The van der Waals surface area contributed by atoms with Gasteiger partial charge in [0, 0.05) is 36.9 Å². The molecule has 5 heteroatoms. The molecule has 1 aromatic carbocycles. The smallest absolute Gasteiger partial charge is 0.145 e. The SMILES string of the molecule is CC(C)Oc1cc(N)ccc1N1CC2CC1CN2C1COC1. The van der Waals surface area contributed by atoms with Gasteiger partial charge in [0.15, 0.2) is 0 Å². The number of hydrogen-bond donors (Lipinski definition) is 1. The zero-order chi connectivity index (χ0) is 15.3. The maximum Gasteiger partial charge on any atom is 0.145 e. The van der Waals surface area contributed by atoms with E-state index in [1.165, 1.54) is 12.1 Å². The third kappa shape index (κ3) is 2.32. The summed E-state index contributed by atoms with van der Waals surface area (Å²) in [6.07, 6.45) is 1.41. The van der Waals surface area contributed by atoms with Crippen LogP contribution in [0.15, 0.2) is 18.2 Å². The molecule has 2 bridgehead atoms. The largest absolute Gasteiger partial charge is 0.489 e. The maximum absolute atomic E-state index is 6.00. The predicted octanol–water partition coefficient (Wildman–Crippen LogP) is 1.72. The van der Waals surface area contributed by atoms with Gasteiger partial charge in [0.1, 0.15) is 5.75 Å². The van der Waals surface area contributed by atoms with Crippen molar-refractivity contribution >= 4 is 11.4 Å². The van der Waals surface area contributed by atoms with Crippen molar-refractivity contribution in [3.63, 3.8) is 0 Å². The monoisotopic (exact) mass is 303 g/mol. The fourth-order valence-corrected chi connectivity index (χ4v) is 3.97. The van der Waals surface area contributed by atoms with Crippen LogP contribution in [0.25, 0.3) is 0 Å². The van der Waals surface area contributed by atoms with E-state index in [0.29, 0.717) is 18.1 Å². The third-order valence-electron chi connectivity index (χ3n) is 5.03. The second-order valence-electron chi connectivity index (χ2n) is 6.98. The molecule has 22 heavy (non-hydrogen) atoms. The average Bonchev–Trinajstić information content (AvgIpc) is 2.96. The summed E-state index contributed by atoms with van der Waals surface area (Å²) in [5.74, 6) is 0.918. The van der Waals surface area contributed by atoms with Gasteiger partial charge in [0.05, 0.1) is 31.0 Å². The van der Waals surface area contributed by atoms with E-state index in [-0.39, 0.29) is 6.10 Å². The minimum atomic E-state index is 0.156. The number of nitrogens with zero attached hydrogens (tertiary/aromatic N) is 2. The lowest BCUT2D eigenvalue weighted by Gasteiger charge is -2.43. The fraction of sp³-hybridized carbons (Fsp3) is 0.647. The normalized spacial score (nSPS) is 28.4. The van der Waals surface area contributed by atoms with E-state index in [9.17, 15) is 0 Å². The second-order valence-corrected chi connectivity index (χ2v) is 6.98. The number of rotatable bonds is 4. The van der Waals surface area contributed by atoms with Crippen LogP contribution >= 0.6 is 0 Å². The zero-order valence-electron chi connectivity index (χ0n) is 13.4. The van der Waals surface area contributed by atoms with Crippen molar-refractivity contribution < 1.29 is 9.47 Å². The van der Waals surface area contributed by atoms with E-state index in [1.54, 1.807) is 0 Å². The van der Waals surface area contributed by atoms with Crippen molar-refractivity contribution in [3.05, 3.63) is 18.2 Å². The molecule has 0 saturated carbocycles. The lowest BCUT2D eigenvalue weighted by Crippen LogP contribution is -2.56. The number of piperazine rings is 1. The van der Waals surface area contributed by atoms with Crippen molar-refractivity contribution in [2.45, 2.75) is 44.5 Å². The number of nitrogens with two attached hydrogens (primary N) is 1. The molecular weight excluding hydrogens is 278 g/mol. The highest BCUT2D eigenvalue weighted by atomic mass is 16.5. The van der Waals surface area contributed by atoms with Gasteiger partial charge < -0.3 is 20.1 Å². The molecule has 2 unspecified atom stereocenters. The van der Waals surface area contributed by atoms with Gasteiger partial charge in [-0.2, -0.15) is 0 Å². The quantitative estimate of drug-likeness (QED) is 0.858. The standard InChI is InChI=1S/C17H25N3O2/c1-11(2)22-17-5-12(18)3-4-16(17)20-8-13-6-14(20)7-19(13)15-9-21-10-15/h3-5,11,13-15H,6-10,18H2,1-2H3. The van der Waals surface area contributed by atoms with E-state index >= 15 is 0 Å². The molecule has 2 N–H and O–H groups in total. The maximum atomic E-state index is 6.00. The van der Waals surface area contributed by atoms with Crippen LogP contribution in [0.4, 0.5) is 11.4 Å². The zero-order valence-corrected chi connectivity index (χ0v) is 13.4. The summed E-state index contributed by atoms with van der Waals surface area (Å²) in [6, 6.07) is 7.94. The summed E-state index contributed by atoms with van der Waals surface area (Å²) in [7, 11) is 0. The molecule has 0 aliphatic carbocycles. The van der Waals surface area contributed by atoms with Crippen LogP contribution in [-0.2, 0) is 4.74 Å². The predicted molar refractivity (Wildman–Crippen MR) is 87.5 cm³/mol. The summed E-state index contributed by atoms with van der Waals surface area (Å²) in [6.45, 7) is 8.16. The molecule has 3 fully saturated rings. The second kappa shape index (κ2) is 5.32. The average molecular weight is 303 g/mol. The highest BCUT2D eigenvalue weighted by Crippen LogP contribution is 2.41. The Kier molecular flexibility index (Phi) is 3.42. The first-order valence-corrected chi connectivity index (χ1v) is 8.28. The van der Waals surface area contributed by atoms with E-state index < -0.39 is 0 Å². The van der Waals surface area contributed by atoms with Crippen molar-refractivity contribution in [3.8, 4) is 5.75 Å². The summed E-state index contributed by atoms with van der Waals surface area (Å²) >= 11 is 0.